The number of carbonyl (C=O) groups is 2. The van der Waals surface area contributed by atoms with E-state index in [1.54, 1.807) is 13.0 Å². The number of esters is 1. The fourth-order valence-electron chi connectivity index (χ4n) is 1.76. The Morgan fingerprint density at radius 2 is 2.05 bits per heavy atom. The highest BCUT2D eigenvalue weighted by atomic mass is 16.5. The molecule has 0 aliphatic heterocycles. The van der Waals surface area contributed by atoms with Gasteiger partial charge in [-0.2, -0.15) is 0 Å². The monoisotopic (exact) mass is 292 g/mol. The molecule has 116 valence electrons. The Morgan fingerprint density at radius 3 is 2.57 bits per heavy atom. The van der Waals surface area contributed by atoms with Crippen LogP contribution in [0.5, 0.6) is 0 Å². The molecule has 0 rings (SSSR count). The summed E-state index contributed by atoms with van der Waals surface area (Å²) in [4.78, 5) is 22.9. The van der Waals surface area contributed by atoms with Gasteiger partial charge in [-0.25, -0.2) is 0 Å². The Bertz CT molecular complexity index is 417. The van der Waals surface area contributed by atoms with Gasteiger partial charge in [0.15, 0.2) is 6.61 Å². The number of carboxylic acid groups (broad SMARTS) is 1. The molecule has 0 aliphatic carbocycles. The van der Waals surface area contributed by atoms with Crippen molar-refractivity contribution in [2.24, 2.45) is 17.8 Å². The minimum absolute atomic E-state index is 0.134. The maximum absolute atomic E-state index is 11.6. The van der Waals surface area contributed by atoms with E-state index in [1.807, 2.05) is 12.2 Å². The van der Waals surface area contributed by atoms with Gasteiger partial charge in [-0.3, -0.25) is 9.59 Å². The van der Waals surface area contributed by atoms with E-state index in [9.17, 15) is 14.7 Å². The van der Waals surface area contributed by atoms with Crippen molar-refractivity contribution in [2.75, 3.05) is 6.61 Å². The number of hydrogen-bond acceptors (Lipinski definition) is 3. The molecule has 4 nitrogen and oxygen atoms in total. The molecule has 4 heteroatoms. The molecule has 3 unspecified atom stereocenters. The lowest BCUT2D eigenvalue weighted by Gasteiger charge is -2.16. The number of terminal acetylenes is 1. The van der Waals surface area contributed by atoms with Crippen LogP contribution < -0.4 is 0 Å². The normalized spacial score (nSPS) is 14.9. The van der Waals surface area contributed by atoms with E-state index >= 15 is 0 Å². The zero-order valence-corrected chi connectivity index (χ0v) is 12.7. The summed E-state index contributed by atoms with van der Waals surface area (Å²) in [6.45, 7) is 7.20. The lowest BCUT2D eigenvalue weighted by atomic mass is 9.90. The topological polar surface area (TPSA) is 63.6 Å². The molecule has 0 bridgehead atoms. The first-order chi connectivity index (χ1) is 9.93. The zero-order valence-electron chi connectivity index (χ0n) is 12.7. The van der Waals surface area contributed by atoms with Crippen molar-refractivity contribution in [3.05, 3.63) is 24.8 Å². The minimum atomic E-state index is -1.01. The van der Waals surface area contributed by atoms with E-state index in [2.05, 4.69) is 19.4 Å². The molecule has 0 aromatic carbocycles. The number of carboxylic acids is 1. The van der Waals surface area contributed by atoms with Crippen molar-refractivity contribution in [2.45, 2.75) is 33.1 Å². The van der Waals surface area contributed by atoms with Gasteiger partial charge in [0.2, 0.25) is 0 Å². The molecule has 0 amide bonds. The van der Waals surface area contributed by atoms with Crippen LogP contribution in [-0.4, -0.2) is 23.7 Å². The summed E-state index contributed by atoms with van der Waals surface area (Å²) >= 11 is 0. The number of rotatable bonds is 10. The molecule has 1 N–H and O–H groups in total. The van der Waals surface area contributed by atoms with Gasteiger partial charge >= 0.3 is 11.9 Å². The van der Waals surface area contributed by atoms with Crippen LogP contribution in [0.15, 0.2) is 24.8 Å². The Kier molecular flexibility index (Phi) is 9.70. The molecule has 0 saturated heterocycles. The Labute approximate surface area is 126 Å². The predicted octanol–water partition coefficient (Wildman–Crippen LogP) is 3.05. The third kappa shape index (κ3) is 7.98. The molecule has 21 heavy (non-hydrogen) atoms. The van der Waals surface area contributed by atoms with Gasteiger partial charge in [0.25, 0.3) is 0 Å². The molecular formula is C17H24O4. The van der Waals surface area contributed by atoms with Crippen molar-refractivity contribution in [1.82, 2.24) is 0 Å². The van der Waals surface area contributed by atoms with Crippen molar-refractivity contribution >= 4 is 11.9 Å². The number of aliphatic carboxylic acids is 1. The highest BCUT2D eigenvalue weighted by Gasteiger charge is 2.30. The van der Waals surface area contributed by atoms with Gasteiger partial charge in [-0.1, -0.05) is 38.0 Å². The highest BCUT2D eigenvalue weighted by molar-refractivity contribution is 5.81. The summed E-state index contributed by atoms with van der Waals surface area (Å²) in [5.74, 6) is -0.498. The maximum atomic E-state index is 11.6. The Balaban J connectivity index is 4.39. The molecule has 0 aliphatic rings. The van der Waals surface area contributed by atoms with Crippen molar-refractivity contribution < 1.29 is 19.4 Å². The molecular weight excluding hydrogens is 268 g/mol. The van der Waals surface area contributed by atoms with E-state index in [0.29, 0.717) is 12.3 Å². The lowest BCUT2D eigenvalue weighted by Crippen LogP contribution is -2.29. The zero-order chi connectivity index (χ0) is 16.3. The summed E-state index contributed by atoms with van der Waals surface area (Å²) in [6, 6.07) is 0. The summed E-state index contributed by atoms with van der Waals surface area (Å²) in [5.41, 5.74) is 0. The van der Waals surface area contributed by atoms with Gasteiger partial charge < -0.3 is 9.84 Å². The molecule has 0 fully saturated rings. The summed E-state index contributed by atoms with van der Waals surface area (Å²) < 4.78 is 4.78. The lowest BCUT2D eigenvalue weighted by molar-refractivity contribution is -0.155. The van der Waals surface area contributed by atoms with E-state index < -0.39 is 23.8 Å². The average molecular weight is 292 g/mol. The van der Waals surface area contributed by atoms with E-state index in [4.69, 9.17) is 11.2 Å². The van der Waals surface area contributed by atoms with Gasteiger partial charge in [0.05, 0.1) is 11.8 Å². The van der Waals surface area contributed by atoms with Gasteiger partial charge in [0, 0.05) is 0 Å². The third-order valence-corrected chi connectivity index (χ3v) is 3.34. The molecule has 0 aromatic heterocycles. The van der Waals surface area contributed by atoms with Gasteiger partial charge in [0.1, 0.15) is 0 Å². The fourth-order valence-corrected chi connectivity index (χ4v) is 1.76. The average Bonchev–Trinajstić information content (AvgIpc) is 2.46. The van der Waals surface area contributed by atoms with Crippen LogP contribution in [0, 0.1) is 30.1 Å². The molecule has 0 aromatic rings. The van der Waals surface area contributed by atoms with Crippen molar-refractivity contribution in [3.8, 4) is 12.3 Å². The SMILES string of the molecule is C#CCOC(=O)C(C)C(C/C=C/CCC(C)C=C)C(=O)O. The molecule has 0 spiro atoms. The number of carbonyl (C=O) groups excluding carboxylic acids is 1. The van der Waals surface area contributed by atoms with Gasteiger partial charge in [-0.05, 0) is 25.2 Å². The fraction of sp³-hybridized carbons (Fsp3) is 0.529. The van der Waals surface area contributed by atoms with Crippen LogP contribution >= 0.6 is 0 Å². The summed E-state index contributed by atoms with van der Waals surface area (Å²) in [6.07, 6.45) is 12.8. The number of hydrogen-bond donors (Lipinski definition) is 1. The summed E-state index contributed by atoms with van der Waals surface area (Å²) in [5, 5.41) is 9.21. The first kappa shape index (κ1) is 19.0. The van der Waals surface area contributed by atoms with E-state index in [0.717, 1.165) is 12.8 Å². The van der Waals surface area contributed by atoms with Crippen LogP contribution in [0.1, 0.15) is 33.1 Å². The van der Waals surface area contributed by atoms with Crippen LogP contribution in [0.4, 0.5) is 0 Å². The largest absolute Gasteiger partial charge is 0.481 e. The second-order valence-electron chi connectivity index (χ2n) is 5.04. The highest BCUT2D eigenvalue weighted by Crippen LogP contribution is 2.19. The van der Waals surface area contributed by atoms with Gasteiger partial charge in [-0.15, -0.1) is 13.0 Å². The molecule has 0 saturated carbocycles. The number of allylic oxidation sites excluding steroid dienone is 3. The molecule has 0 radical (unpaired) electrons. The number of ether oxygens (including phenoxy) is 1. The Hall–Kier alpha value is -2.02. The first-order valence-electron chi connectivity index (χ1n) is 7.04. The maximum Gasteiger partial charge on any atom is 0.310 e. The predicted molar refractivity (Wildman–Crippen MR) is 82.4 cm³/mol. The Morgan fingerprint density at radius 1 is 1.38 bits per heavy atom. The second kappa shape index (κ2) is 10.7. The molecule has 0 heterocycles. The van der Waals surface area contributed by atoms with Crippen LogP contribution in [0.3, 0.4) is 0 Å². The molecule has 3 atom stereocenters. The smallest absolute Gasteiger partial charge is 0.310 e. The van der Waals surface area contributed by atoms with Crippen LogP contribution in [-0.2, 0) is 14.3 Å². The minimum Gasteiger partial charge on any atom is -0.481 e. The van der Waals surface area contributed by atoms with Crippen molar-refractivity contribution in [1.29, 1.82) is 0 Å². The van der Waals surface area contributed by atoms with E-state index in [1.165, 1.54) is 0 Å². The summed E-state index contributed by atoms with van der Waals surface area (Å²) in [7, 11) is 0. The van der Waals surface area contributed by atoms with Crippen LogP contribution in [0.2, 0.25) is 0 Å². The third-order valence-electron chi connectivity index (χ3n) is 3.34. The van der Waals surface area contributed by atoms with Crippen LogP contribution in [0.25, 0.3) is 0 Å². The van der Waals surface area contributed by atoms with E-state index in [-0.39, 0.29) is 6.61 Å². The standard InChI is InChI=1S/C17H24O4/c1-5-12-21-17(20)14(4)15(16(18)19)11-9-7-8-10-13(3)6-2/h1,6-7,9,13-15H,2,8,10-12H2,3-4H3,(H,18,19)/b9-7+. The first-order valence-corrected chi connectivity index (χ1v) is 7.04. The second-order valence-corrected chi connectivity index (χ2v) is 5.04. The quantitative estimate of drug-likeness (QED) is 0.382. The van der Waals surface area contributed by atoms with Crippen molar-refractivity contribution in [3.63, 3.8) is 0 Å².